The highest BCUT2D eigenvalue weighted by molar-refractivity contribution is 5.25. The van der Waals surface area contributed by atoms with Crippen LogP contribution in [0.1, 0.15) is 82.8 Å². The van der Waals surface area contributed by atoms with Crippen molar-refractivity contribution in [3.8, 4) is 0 Å². The van der Waals surface area contributed by atoms with E-state index in [0.29, 0.717) is 12.5 Å². The minimum Gasteiger partial charge on any atom is -0.396 e. The maximum absolute atomic E-state index is 8.89. The molecule has 0 aliphatic rings. The third-order valence-electron chi connectivity index (χ3n) is 4.21. The summed E-state index contributed by atoms with van der Waals surface area (Å²) in [6.07, 6.45) is 9.69. The predicted octanol–water partition coefficient (Wildman–Crippen LogP) is 5.71. The highest BCUT2D eigenvalue weighted by Crippen LogP contribution is 2.28. The summed E-state index contributed by atoms with van der Waals surface area (Å²) in [5, 5.41) is 8.89. The lowest BCUT2D eigenvalue weighted by molar-refractivity contribution is 0.281. The molecule has 120 valence electrons. The SMILES string of the molecule is CCCCC(CCCCCO)c1ccc(CC(C)C)cc1. The van der Waals surface area contributed by atoms with Crippen molar-refractivity contribution in [2.75, 3.05) is 6.61 Å². The third kappa shape index (κ3) is 7.66. The summed E-state index contributed by atoms with van der Waals surface area (Å²) in [5.41, 5.74) is 2.98. The number of unbranched alkanes of at least 4 members (excludes halogenated alkanes) is 3. The van der Waals surface area contributed by atoms with Crippen molar-refractivity contribution < 1.29 is 5.11 Å². The summed E-state index contributed by atoms with van der Waals surface area (Å²) in [6, 6.07) is 9.35. The molecule has 0 saturated carbocycles. The second-order valence-corrected chi connectivity index (χ2v) is 6.75. The van der Waals surface area contributed by atoms with Gasteiger partial charge in [-0.15, -0.1) is 0 Å². The van der Waals surface area contributed by atoms with Gasteiger partial charge >= 0.3 is 0 Å². The molecule has 1 nitrogen and oxygen atoms in total. The molecule has 0 radical (unpaired) electrons. The van der Waals surface area contributed by atoms with Crippen molar-refractivity contribution in [3.05, 3.63) is 35.4 Å². The molecule has 21 heavy (non-hydrogen) atoms. The van der Waals surface area contributed by atoms with Gasteiger partial charge in [-0.3, -0.25) is 0 Å². The monoisotopic (exact) mass is 290 g/mol. The van der Waals surface area contributed by atoms with Crippen LogP contribution in [0.4, 0.5) is 0 Å². The quantitative estimate of drug-likeness (QED) is 0.517. The van der Waals surface area contributed by atoms with Crippen molar-refractivity contribution in [2.24, 2.45) is 5.92 Å². The zero-order valence-corrected chi connectivity index (χ0v) is 14.3. The molecule has 0 bridgehead atoms. The lowest BCUT2D eigenvalue weighted by Gasteiger charge is -2.18. The first-order valence-electron chi connectivity index (χ1n) is 8.87. The van der Waals surface area contributed by atoms with E-state index in [2.05, 4.69) is 45.0 Å². The second-order valence-electron chi connectivity index (χ2n) is 6.75. The van der Waals surface area contributed by atoms with Gasteiger partial charge in [-0.05, 0) is 48.6 Å². The van der Waals surface area contributed by atoms with E-state index < -0.39 is 0 Å². The van der Waals surface area contributed by atoms with Crippen LogP contribution in [0.2, 0.25) is 0 Å². The van der Waals surface area contributed by atoms with Gasteiger partial charge in [0.25, 0.3) is 0 Å². The van der Waals surface area contributed by atoms with Crippen LogP contribution in [0.25, 0.3) is 0 Å². The van der Waals surface area contributed by atoms with Gasteiger partial charge in [0.2, 0.25) is 0 Å². The molecule has 0 spiro atoms. The largest absolute Gasteiger partial charge is 0.396 e. The number of hydrogen-bond donors (Lipinski definition) is 1. The molecule has 1 N–H and O–H groups in total. The van der Waals surface area contributed by atoms with E-state index >= 15 is 0 Å². The van der Waals surface area contributed by atoms with Gasteiger partial charge in [0.05, 0.1) is 0 Å². The molecule has 1 heteroatoms. The van der Waals surface area contributed by atoms with Crippen LogP contribution in [0.5, 0.6) is 0 Å². The lowest BCUT2D eigenvalue weighted by atomic mass is 9.88. The van der Waals surface area contributed by atoms with Gasteiger partial charge in [0, 0.05) is 6.61 Å². The Kier molecular flexibility index (Phi) is 9.41. The first-order valence-corrected chi connectivity index (χ1v) is 8.87. The van der Waals surface area contributed by atoms with Crippen molar-refractivity contribution in [1.82, 2.24) is 0 Å². The lowest BCUT2D eigenvalue weighted by Crippen LogP contribution is -2.01. The van der Waals surface area contributed by atoms with E-state index in [0.717, 1.165) is 18.8 Å². The average molecular weight is 290 g/mol. The molecule has 0 heterocycles. The van der Waals surface area contributed by atoms with Crippen LogP contribution >= 0.6 is 0 Å². The first-order chi connectivity index (χ1) is 10.2. The molecule has 1 rings (SSSR count). The molecule has 1 atom stereocenters. The molecule has 0 aromatic heterocycles. The summed E-state index contributed by atoms with van der Waals surface area (Å²) < 4.78 is 0. The summed E-state index contributed by atoms with van der Waals surface area (Å²) in [5.74, 6) is 1.43. The Morgan fingerprint density at radius 1 is 0.905 bits per heavy atom. The topological polar surface area (TPSA) is 20.2 Å². The van der Waals surface area contributed by atoms with Crippen molar-refractivity contribution in [3.63, 3.8) is 0 Å². The van der Waals surface area contributed by atoms with E-state index in [9.17, 15) is 0 Å². The normalized spacial score (nSPS) is 12.8. The van der Waals surface area contributed by atoms with Crippen LogP contribution in [-0.4, -0.2) is 11.7 Å². The Morgan fingerprint density at radius 2 is 1.57 bits per heavy atom. The van der Waals surface area contributed by atoms with E-state index in [-0.39, 0.29) is 0 Å². The van der Waals surface area contributed by atoms with Crippen molar-refractivity contribution in [2.45, 2.75) is 78.1 Å². The molecular weight excluding hydrogens is 256 g/mol. The molecule has 0 saturated heterocycles. The van der Waals surface area contributed by atoms with Gasteiger partial charge in [-0.1, -0.05) is 70.7 Å². The van der Waals surface area contributed by atoms with Gasteiger partial charge in [0.1, 0.15) is 0 Å². The maximum Gasteiger partial charge on any atom is 0.0431 e. The second kappa shape index (κ2) is 10.8. The fourth-order valence-electron chi connectivity index (χ4n) is 3.00. The van der Waals surface area contributed by atoms with Gasteiger partial charge in [-0.25, -0.2) is 0 Å². The van der Waals surface area contributed by atoms with Crippen LogP contribution in [0.3, 0.4) is 0 Å². The molecule has 0 aliphatic heterocycles. The Hall–Kier alpha value is -0.820. The number of benzene rings is 1. The number of hydrogen-bond acceptors (Lipinski definition) is 1. The standard InChI is InChI=1S/C20H34O/c1-4-5-9-19(10-7-6-8-15-21)20-13-11-18(12-14-20)16-17(2)3/h11-14,17,19,21H,4-10,15-16H2,1-3H3. The molecule has 1 aromatic carbocycles. The van der Waals surface area contributed by atoms with E-state index in [4.69, 9.17) is 5.11 Å². The Labute approximate surface area is 131 Å². The molecule has 1 unspecified atom stereocenters. The van der Waals surface area contributed by atoms with Crippen LogP contribution in [-0.2, 0) is 6.42 Å². The first kappa shape index (κ1) is 18.2. The van der Waals surface area contributed by atoms with Gasteiger partial charge in [-0.2, -0.15) is 0 Å². The highest BCUT2D eigenvalue weighted by atomic mass is 16.2. The highest BCUT2D eigenvalue weighted by Gasteiger charge is 2.11. The fourth-order valence-corrected chi connectivity index (χ4v) is 3.00. The minimum atomic E-state index is 0.337. The van der Waals surface area contributed by atoms with E-state index in [1.807, 2.05) is 0 Å². The Balaban J connectivity index is 2.59. The predicted molar refractivity (Wildman–Crippen MR) is 92.8 cm³/mol. The van der Waals surface area contributed by atoms with Crippen molar-refractivity contribution in [1.29, 1.82) is 0 Å². The molecule has 0 fully saturated rings. The average Bonchev–Trinajstić information content (AvgIpc) is 2.47. The van der Waals surface area contributed by atoms with Crippen molar-refractivity contribution >= 4 is 0 Å². The number of aliphatic hydroxyl groups is 1. The maximum atomic E-state index is 8.89. The third-order valence-corrected chi connectivity index (χ3v) is 4.21. The number of aliphatic hydroxyl groups excluding tert-OH is 1. The van der Waals surface area contributed by atoms with Crippen LogP contribution in [0.15, 0.2) is 24.3 Å². The Bertz CT molecular complexity index is 353. The molecule has 1 aromatic rings. The van der Waals surface area contributed by atoms with E-state index in [1.54, 1.807) is 0 Å². The van der Waals surface area contributed by atoms with Crippen LogP contribution in [0, 0.1) is 5.92 Å². The minimum absolute atomic E-state index is 0.337. The van der Waals surface area contributed by atoms with Gasteiger partial charge in [0.15, 0.2) is 0 Å². The van der Waals surface area contributed by atoms with Gasteiger partial charge < -0.3 is 5.11 Å². The zero-order chi connectivity index (χ0) is 15.5. The summed E-state index contributed by atoms with van der Waals surface area (Å²) in [7, 11) is 0. The molecule has 0 aliphatic carbocycles. The fraction of sp³-hybridized carbons (Fsp3) is 0.700. The van der Waals surface area contributed by atoms with E-state index in [1.165, 1.54) is 49.7 Å². The Morgan fingerprint density at radius 3 is 2.14 bits per heavy atom. The molecular formula is C20H34O. The number of rotatable bonds is 11. The summed E-state index contributed by atoms with van der Waals surface area (Å²) in [4.78, 5) is 0. The summed E-state index contributed by atoms with van der Waals surface area (Å²) in [6.45, 7) is 7.16. The van der Waals surface area contributed by atoms with Crippen LogP contribution < -0.4 is 0 Å². The smallest absolute Gasteiger partial charge is 0.0431 e. The zero-order valence-electron chi connectivity index (χ0n) is 14.3. The molecule has 0 amide bonds. The summed E-state index contributed by atoms with van der Waals surface area (Å²) >= 11 is 0.